The van der Waals surface area contributed by atoms with Gasteiger partial charge in [0, 0.05) is 19.3 Å². The van der Waals surface area contributed by atoms with Crippen LogP contribution < -0.4 is 10.1 Å². The molecule has 1 fully saturated rings. The molecule has 5 nitrogen and oxygen atoms in total. The first-order valence-corrected chi connectivity index (χ1v) is 6.82. The van der Waals surface area contributed by atoms with Crippen LogP contribution in [0.4, 0.5) is 0 Å². The van der Waals surface area contributed by atoms with Gasteiger partial charge in [-0.3, -0.25) is 9.59 Å². The van der Waals surface area contributed by atoms with Crippen molar-refractivity contribution in [2.75, 3.05) is 19.8 Å². The Bertz CT molecular complexity index is 486. The number of aldehydes is 1. The molecule has 0 unspecified atom stereocenters. The van der Waals surface area contributed by atoms with Crippen LogP contribution in [0.25, 0.3) is 0 Å². The number of hydrogen-bond donors (Lipinski definition) is 1. The van der Waals surface area contributed by atoms with Gasteiger partial charge in [0.25, 0.3) is 5.91 Å². The Labute approximate surface area is 122 Å². The van der Waals surface area contributed by atoms with Crippen LogP contribution >= 0.6 is 11.6 Å². The third kappa shape index (κ3) is 3.95. The Kier molecular flexibility index (Phi) is 5.38. The van der Waals surface area contributed by atoms with Crippen molar-refractivity contribution < 1.29 is 19.1 Å². The Morgan fingerprint density at radius 2 is 2.20 bits per heavy atom. The molecular formula is C14H16ClNO4. The number of halogens is 1. The molecule has 2 rings (SSSR count). The molecule has 108 valence electrons. The van der Waals surface area contributed by atoms with E-state index >= 15 is 0 Å². The molecule has 1 aromatic carbocycles. The molecule has 0 radical (unpaired) electrons. The highest BCUT2D eigenvalue weighted by atomic mass is 35.5. The fourth-order valence-electron chi connectivity index (χ4n) is 2.02. The zero-order valence-corrected chi connectivity index (χ0v) is 11.7. The van der Waals surface area contributed by atoms with E-state index in [1.165, 1.54) is 0 Å². The van der Waals surface area contributed by atoms with E-state index < -0.39 is 0 Å². The summed E-state index contributed by atoms with van der Waals surface area (Å²) in [4.78, 5) is 22.7. The molecular weight excluding hydrogens is 282 g/mol. The predicted molar refractivity (Wildman–Crippen MR) is 74.3 cm³/mol. The van der Waals surface area contributed by atoms with E-state index in [0.717, 1.165) is 12.8 Å². The van der Waals surface area contributed by atoms with Gasteiger partial charge >= 0.3 is 0 Å². The summed E-state index contributed by atoms with van der Waals surface area (Å²) in [5.41, 5.74) is 0.330. The Balaban J connectivity index is 1.88. The lowest BCUT2D eigenvalue weighted by molar-refractivity contribution is -0.124. The van der Waals surface area contributed by atoms with E-state index in [-0.39, 0.29) is 24.3 Å². The van der Waals surface area contributed by atoms with Crippen LogP contribution in [0.15, 0.2) is 18.2 Å². The third-order valence-corrected chi connectivity index (χ3v) is 3.36. The molecule has 6 heteroatoms. The van der Waals surface area contributed by atoms with Gasteiger partial charge in [-0.2, -0.15) is 0 Å². The van der Waals surface area contributed by atoms with E-state index in [4.69, 9.17) is 21.1 Å². The zero-order valence-electron chi connectivity index (χ0n) is 10.9. The second kappa shape index (κ2) is 7.26. The van der Waals surface area contributed by atoms with Gasteiger partial charge in [-0.15, -0.1) is 0 Å². The zero-order chi connectivity index (χ0) is 14.4. The largest absolute Gasteiger partial charge is 0.481 e. The molecule has 0 bridgehead atoms. The van der Waals surface area contributed by atoms with Crippen molar-refractivity contribution in [2.45, 2.75) is 18.9 Å². The summed E-state index contributed by atoms with van der Waals surface area (Å²) < 4.78 is 10.6. The summed E-state index contributed by atoms with van der Waals surface area (Å²) in [6, 6.07) is 4.97. The third-order valence-electron chi connectivity index (χ3n) is 3.06. The van der Waals surface area contributed by atoms with E-state index in [2.05, 4.69) is 5.32 Å². The summed E-state index contributed by atoms with van der Waals surface area (Å²) in [5, 5.41) is 3.18. The van der Waals surface area contributed by atoms with Crippen LogP contribution in [0.2, 0.25) is 5.02 Å². The normalized spacial score (nSPS) is 15.7. The second-order valence-electron chi connectivity index (χ2n) is 4.52. The monoisotopic (exact) mass is 297 g/mol. The van der Waals surface area contributed by atoms with Gasteiger partial charge in [0.15, 0.2) is 12.9 Å². The molecule has 1 aliphatic heterocycles. The minimum absolute atomic E-state index is 0.122. The van der Waals surface area contributed by atoms with Gasteiger partial charge in [0.2, 0.25) is 0 Å². The van der Waals surface area contributed by atoms with Gasteiger partial charge in [-0.05, 0) is 25.0 Å². The van der Waals surface area contributed by atoms with E-state index in [9.17, 15) is 9.59 Å². The van der Waals surface area contributed by atoms with E-state index in [1.54, 1.807) is 18.2 Å². The van der Waals surface area contributed by atoms with Gasteiger partial charge < -0.3 is 14.8 Å². The first kappa shape index (κ1) is 14.8. The smallest absolute Gasteiger partial charge is 0.258 e. The number of rotatable bonds is 5. The van der Waals surface area contributed by atoms with Crippen LogP contribution in [0.5, 0.6) is 5.75 Å². The minimum atomic E-state index is -0.228. The maximum absolute atomic E-state index is 11.8. The van der Waals surface area contributed by atoms with Crippen molar-refractivity contribution >= 4 is 23.8 Å². The fraction of sp³-hybridized carbons (Fsp3) is 0.429. The number of nitrogens with one attached hydrogen (secondary N) is 1. The van der Waals surface area contributed by atoms with Crippen LogP contribution in [-0.4, -0.2) is 38.1 Å². The predicted octanol–water partition coefficient (Wildman–Crippen LogP) is 1.83. The maximum Gasteiger partial charge on any atom is 0.258 e. The standard InChI is InChI=1S/C14H16ClNO4/c15-12-3-1-2-10(8-17)14(12)20-9-13(18)16-11-4-6-19-7-5-11/h1-3,8,11H,4-7,9H2,(H,16,18). The molecule has 1 aromatic rings. The van der Waals surface area contributed by atoms with Crippen molar-refractivity contribution in [3.05, 3.63) is 28.8 Å². The molecule has 0 spiro atoms. The number of benzene rings is 1. The summed E-state index contributed by atoms with van der Waals surface area (Å²) in [7, 11) is 0. The average Bonchev–Trinajstić information content (AvgIpc) is 2.46. The van der Waals surface area contributed by atoms with Crippen LogP contribution in [0, 0.1) is 0 Å². The molecule has 0 aliphatic carbocycles. The number of amides is 1. The van der Waals surface area contributed by atoms with Gasteiger partial charge in [0.05, 0.1) is 10.6 Å². The second-order valence-corrected chi connectivity index (χ2v) is 4.93. The van der Waals surface area contributed by atoms with Crippen LogP contribution in [-0.2, 0) is 9.53 Å². The molecule has 20 heavy (non-hydrogen) atoms. The van der Waals surface area contributed by atoms with Crippen LogP contribution in [0.1, 0.15) is 23.2 Å². The summed E-state index contributed by atoms with van der Waals surface area (Å²) in [6.07, 6.45) is 2.26. The highest BCUT2D eigenvalue weighted by molar-refractivity contribution is 6.32. The fourth-order valence-corrected chi connectivity index (χ4v) is 2.26. The van der Waals surface area contributed by atoms with Gasteiger partial charge in [-0.1, -0.05) is 17.7 Å². The SMILES string of the molecule is O=Cc1cccc(Cl)c1OCC(=O)NC1CCOCC1. The Morgan fingerprint density at radius 1 is 1.45 bits per heavy atom. The van der Waals surface area contributed by atoms with Crippen molar-refractivity contribution in [2.24, 2.45) is 0 Å². The quantitative estimate of drug-likeness (QED) is 0.842. The summed E-state index contributed by atoms with van der Waals surface area (Å²) in [6.45, 7) is 1.15. The molecule has 1 saturated heterocycles. The topological polar surface area (TPSA) is 64.6 Å². The molecule has 1 amide bonds. The molecule has 0 aromatic heterocycles. The molecule has 1 heterocycles. The number of para-hydroxylation sites is 1. The molecule has 0 saturated carbocycles. The molecule has 0 atom stereocenters. The first-order valence-electron chi connectivity index (χ1n) is 6.44. The maximum atomic E-state index is 11.8. The Morgan fingerprint density at radius 3 is 2.90 bits per heavy atom. The first-order chi connectivity index (χ1) is 9.70. The van der Waals surface area contributed by atoms with Crippen molar-refractivity contribution in [3.63, 3.8) is 0 Å². The number of hydrogen-bond acceptors (Lipinski definition) is 4. The van der Waals surface area contributed by atoms with Crippen molar-refractivity contribution in [3.8, 4) is 5.75 Å². The lowest BCUT2D eigenvalue weighted by Gasteiger charge is -2.23. The number of ether oxygens (including phenoxy) is 2. The summed E-state index contributed by atoms with van der Waals surface area (Å²) in [5.74, 6) is 0.0139. The molecule has 1 aliphatic rings. The van der Waals surface area contributed by atoms with Gasteiger partial charge in [-0.25, -0.2) is 0 Å². The highest BCUT2D eigenvalue weighted by Crippen LogP contribution is 2.27. The summed E-state index contributed by atoms with van der Waals surface area (Å²) >= 11 is 5.95. The lowest BCUT2D eigenvalue weighted by Crippen LogP contribution is -2.41. The highest BCUT2D eigenvalue weighted by Gasteiger charge is 2.17. The minimum Gasteiger partial charge on any atom is -0.481 e. The molecule has 1 N–H and O–H groups in total. The number of carbonyl (C=O) groups excluding carboxylic acids is 2. The van der Waals surface area contributed by atoms with Crippen LogP contribution in [0.3, 0.4) is 0 Å². The average molecular weight is 298 g/mol. The number of carbonyl (C=O) groups is 2. The van der Waals surface area contributed by atoms with Crippen molar-refractivity contribution in [1.29, 1.82) is 0 Å². The van der Waals surface area contributed by atoms with E-state index in [0.29, 0.717) is 30.1 Å². The Hall–Kier alpha value is -1.59. The van der Waals surface area contributed by atoms with Crippen molar-refractivity contribution in [1.82, 2.24) is 5.32 Å². The van der Waals surface area contributed by atoms with E-state index in [1.807, 2.05) is 0 Å². The lowest BCUT2D eigenvalue weighted by atomic mass is 10.1. The van der Waals surface area contributed by atoms with Gasteiger partial charge in [0.1, 0.15) is 5.75 Å².